The van der Waals surface area contributed by atoms with Gasteiger partial charge in [0.25, 0.3) is 5.91 Å². The van der Waals surface area contributed by atoms with Gasteiger partial charge in [0.1, 0.15) is 11.5 Å². The van der Waals surface area contributed by atoms with Gasteiger partial charge in [-0.05, 0) is 55.5 Å². The maximum absolute atomic E-state index is 13.6. The number of rotatable bonds is 2. The number of nitrogens with zero attached hydrogens (tertiary/aromatic N) is 4. The van der Waals surface area contributed by atoms with E-state index in [1.54, 1.807) is 35.9 Å². The van der Waals surface area contributed by atoms with Crippen LogP contribution in [0.25, 0.3) is 11.5 Å². The van der Waals surface area contributed by atoms with Gasteiger partial charge in [-0.25, -0.2) is 19.3 Å². The topological polar surface area (TPSA) is 59.0 Å². The van der Waals surface area contributed by atoms with Gasteiger partial charge in [0, 0.05) is 41.8 Å². The molecule has 0 radical (unpaired) electrons. The molecule has 3 aromatic rings. The van der Waals surface area contributed by atoms with E-state index in [0.717, 1.165) is 41.9 Å². The molecule has 0 saturated carbocycles. The number of thiazole rings is 1. The highest BCUT2D eigenvalue weighted by Crippen LogP contribution is 2.37. The molecule has 5 rings (SSSR count). The van der Waals surface area contributed by atoms with Gasteiger partial charge in [0.05, 0.1) is 5.01 Å². The fourth-order valence-corrected chi connectivity index (χ4v) is 5.17. The molecule has 2 aliphatic rings. The molecule has 0 bridgehead atoms. The molecule has 4 heterocycles. The third kappa shape index (κ3) is 3.09. The van der Waals surface area contributed by atoms with Crippen LogP contribution in [0.2, 0.25) is 0 Å². The number of piperidine rings is 1. The average molecular weight is 394 g/mol. The highest BCUT2D eigenvalue weighted by Gasteiger charge is 2.36. The smallest absolute Gasteiger partial charge is 0.254 e. The van der Waals surface area contributed by atoms with Crippen molar-refractivity contribution in [3.05, 3.63) is 64.0 Å². The van der Waals surface area contributed by atoms with Gasteiger partial charge in [0.15, 0.2) is 5.82 Å². The van der Waals surface area contributed by atoms with E-state index in [0.29, 0.717) is 17.9 Å². The van der Waals surface area contributed by atoms with Crippen LogP contribution in [0.3, 0.4) is 0 Å². The summed E-state index contributed by atoms with van der Waals surface area (Å²) in [6.07, 6.45) is 7.00. The summed E-state index contributed by atoms with van der Waals surface area (Å²) in [5, 5.41) is 3.01. The molecule has 1 fully saturated rings. The number of benzene rings is 1. The lowest BCUT2D eigenvalue weighted by molar-refractivity contribution is 0.0588. The molecule has 5 nitrogen and oxygen atoms in total. The van der Waals surface area contributed by atoms with Crippen LogP contribution in [0.4, 0.5) is 4.39 Å². The van der Waals surface area contributed by atoms with E-state index in [-0.39, 0.29) is 23.7 Å². The Hall–Kier alpha value is -2.67. The summed E-state index contributed by atoms with van der Waals surface area (Å²) < 4.78 is 13.6. The van der Waals surface area contributed by atoms with Crippen molar-refractivity contribution < 1.29 is 9.18 Å². The number of halogens is 1. The van der Waals surface area contributed by atoms with Crippen molar-refractivity contribution in [2.75, 3.05) is 6.54 Å². The van der Waals surface area contributed by atoms with Gasteiger partial charge >= 0.3 is 0 Å². The van der Waals surface area contributed by atoms with Gasteiger partial charge in [-0.2, -0.15) is 0 Å². The fraction of sp³-hybridized carbons (Fsp3) is 0.333. The Morgan fingerprint density at radius 1 is 1.14 bits per heavy atom. The van der Waals surface area contributed by atoms with E-state index in [4.69, 9.17) is 4.98 Å². The van der Waals surface area contributed by atoms with Crippen LogP contribution in [-0.2, 0) is 6.42 Å². The predicted molar refractivity (Wildman–Crippen MR) is 105 cm³/mol. The van der Waals surface area contributed by atoms with Crippen LogP contribution >= 0.6 is 11.3 Å². The summed E-state index contributed by atoms with van der Waals surface area (Å²) in [4.78, 5) is 28.4. The summed E-state index contributed by atoms with van der Waals surface area (Å²) in [5.41, 5.74) is 2.25. The molecule has 0 N–H and O–H groups in total. The van der Waals surface area contributed by atoms with Crippen LogP contribution in [0.5, 0.6) is 0 Å². The minimum atomic E-state index is -0.275. The average Bonchev–Trinajstić information content (AvgIpc) is 3.18. The Kier molecular flexibility index (Phi) is 4.39. The first-order chi connectivity index (χ1) is 13.7. The molecule has 1 amide bonds. The quantitative estimate of drug-likeness (QED) is 0.657. The Morgan fingerprint density at radius 3 is 2.86 bits per heavy atom. The maximum atomic E-state index is 13.6. The Bertz CT molecular complexity index is 1020. The van der Waals surface area contributed by atoms with Gasteiger partial charge in [-0.1, -0.05) is 0 Å². The minimum Gasteiger partial charge on any atom is -0.335 e. The summed E-state index contributed by atoms with van der Waals surface area (Å²) in [6, 6.07) is 6.53. The van der Waals surface area contributed by atoms with Crippen molar-refractivity contribution in [2.24, 2.45) is 0 Å². The second-order valence-corrected chi connectivity index (χ2v) is 8.26. The zero-order valence-corrected chi connectivity index (χ0v) is 16.0. The number of hydrogen-bond donors (Lipinski definition) is 0. The SMILES string of the molecule is O=C1c2ccc(F)cc2CCC2CCC(c3nc(-c4ncccn4)cs3)CN12. The molecule has 2 atom stereocenters. The second-order valence-electron chi connectivity index (χ2n) is 7.37. The van der Waals surface area contributed by atoms with Crippen molar-refractivity contribution in [1.82, 2.24) is 19.9 Å². The van der Waals surface area contributed by atoms with E-state index < -0.39 is 0 Å². The molecule has 142 valence electrons. The van der Waals surface area contributed by atoms with Crippen molar-refractivity contribution in [2.45, 2.75) is 37.6 Å². The molecule has 2 unspecified atom stereocenters. The molecule has 0 aliphatic carbocycles. The molecular formula is C21H19FN4OS. The molecule has 28 heavy (non-hydrogen) atoms. The van der Waals surface area contributed by atoms with Crippen molar-refractivity contribution in [1.29, 1.82) is 0 Å². The van der Waals surface area contributed by atoms with Gasteiger partial charge in [-0.15, -0.1) is 11.3 Å². The number of carbonyl (C=O) groups is 1. The molecule has 7 heteroatoms. The molecule has 1 saturated heterocycles. The molecule has 2 aliphatic heterocycles. The normalized spacial score (nSPS) is 21.8. The molecular weight excluding hydrogens is 375 g/mol. The Labute approximate surface area is 166 Å². The van der Waals surface area contributed by atoms with Gasteiger partial charge in [-0.3, -0.25) is 4.79 Å². The monoisotopic (exact) mass is 394 g/mol. The van der Waals surface area contributed by atoms with E-state index >= 15 is 0 Å². The van der Waals surface area contributed by atoms with Gasteiger partial charge in [0.2, 0.25) is 0 Å². The first kappa shape index (κ1) is 17.4. The lowest BCUT2D eigenvalue weighted by atomic mass is 9.91. The summed E-state index contributed by atoms with van der Waals surface area (Å²) in [6.45, 7) is 0.656. The zero-order valence-electron chi connectivity index (χ0n) is 15.2. The van der Waals surface area contributed by atoms with Crippen molar-refractivity contribution >= 4 is 17.2 Å². The van der Waals surface area contributed by atoms with Crippen molar-refractivity contribution in [3.8, 4) is 11.5 Å². The van der Waals surface area contributed by atoms with E-state index in [9.17, 15) is 9.18 Å². The van der Waals surface area contributed by atoms with Crippen LogP contribution in [0, 0.1) is 5.82 Å². The van der Waals surface area contributed by atoms with Crippen molar-refractivity contribution in [3.63, 3.8) is 0 Å². The Balaban J connectivity index is 1.40. The molecule has 1 aromatic carbocycles. The third-order valence-electron chi connectivity index (χ3n) is 5.68. The van der Waals surface area contributed by atoms with Crippen LogP contribution in [0.15, 0.2) is 42.0 Å². The Morgan fingerprint density at radius 2 is 2.00 bits per heavy atom. The first-order valence-electron chi connectivity index (χ1n) is 9.51. The number of carbonyl (C=O) groups excluding carboxylic acids is 1. The lowest BCUT2D eigenvalue weighted by Crippen LogP contribution is -2.45. The number of hydrogen-bond acceptors (Lipinski definition) is 5. The lowest BCUT2D eigenvalue weighted by Gasteiger charge is -2.38. The number of amides is 1. The fourth-order valence-electron chi connectivity index (χ4n) is 4.24. The van der Waals surface area contributed by atoms with E-state index in [2.05, 4.69) is 9.97 Å². The van der Waals surface area contributed by atoms with E-state index in [1.807, 2.05) is 10.3 Å². The molecule has 2 aromatic heterocycles. The second kappa shape index (κ2) is 7.05. The predicted octanol–water partition coefficient (Wildman–Crippen LogP) is 4.07. The summed E-state index contributed by atoms with van der Waals surface area (Å²) in [5.74, 6) is 0.582. The number of aryl methyl sites for hydroxylation is 1. The van der Waals surface area contributed by atoms with E-state index in [1.165, 1.54) is 12.1 Å². The number of fused-ring (bicyclic) bond motifs is 2. The minimum absolute atomic E-state index is 0.0189. The van der Waals surface area contributed by atoms with Crippen LogP contribution < -0.4 is 0 Å². The van der Waals surface area contributed by atoms with Crippen LogP contribution in [-0.4, -0.2) is 38.3 Å². The summed E-state index contributed by atoms with van der Waals surface area (Å²) in [7, 11) is 0. The van der Waals surface area contributed by atoms with Gasteiger partial charge < -0.3 is 4.90 Å². The zero-order chi connectivity index (χ0) is 19.1. The first-order valence-corrected chi connectivity index (χ1v) is 10.4. The molecule has 0 spiro atoms. The van der Waals surface area contributed by atoms with Crippen LogP contribution in [0.1, 0.15) is 46.1 Å². The number of aromatic nitrogens is 3. The standard InChI is InChI=1S/C21H19FN4OS/c22-15-4-7-17-13(10-15)2-5-16-6-3-14(11-26(16)21(17)27)20-25-18(12-28-20)19-23-8-1-9-24-19/h1,4,7-10,12,14,16H,2-3,5-6,11H2. The third-order valence-corrected chi connectivity index (χ3v) is 6.68. The summed E-state index contributed by atoms with van der Waals surface area (Å²) >= 11 is 1.61. The largest absolute Gasteiger partial charge is 0.335 e. The maximum Gasteiger partial charge on any atom is 0.254 e. The highest BCUT2D eigenvalue weighted by atomic mass is 32.1. The highest BCUT2D eigenvalue weighted by molar-refractivity contribution is 7.10.